The van der Waals surface area contributed by atoms with Crippen molar-refractivity contribution in [2.24, 2.45) is 0 Å². The van der Waals surface area contributed by atoms with Crippen LogP contribution in [0.4, 0.5) is 0 Å². The zero-order valence-corrected chi connectivity index (χ0v) is 19.7. The SMILES string of the molecule is CCOP(=O)(O)[C@@H](NCCN[C@@H](c1ccccc1O)P(=O)(O)OCC)c1ccccc1O. The minimum absolute atomic E-state index is 0.00475. The Bertz CT molecular complexity index is 897. The Labute approximate surface area is 187 Å². The van der Waals surface area contributed by atoms with Gasteiger partial charge in [-0.3, -0.25) is 19.8 Å². The Morgan fingerprint density at radius 3 is 1.41 bits per heavy atom. The Hall–Kier alpha value is -1.74. The second-order valence-corrected chi connectivity index (χ2v) is 10.6. The van der Waals surface area contributed by atoms with E-state index in [0.29, 0.717) is 0 Å². The van der Waals surface area contributed by atoms with Crippen molar-refractivity contribution in [3.8, 4) is 11.5 Å². The zero-order valence-electron chi connectivity index (χ0n) is 17.9. The van der Waals surface area contributed by atoms with Crippen molar-refractivity contribution in [1.82, 2.24) is 10.6 Å². The highest BCUT2D eigenvalue weighted by Crippen LogP contribution is 2.57. The molecule has 0 heterocycles. The lowest BCUT2D eigenvalue weighted by atomic mass is 10.2. The van der Waals surface area contributed by atoms with Crippen LogP contribution in [0.5, 0.6) is 11.5 Å². The summed E-state index contributed by atoms with van der Waals surface area (Å²) in [4.78, 5) is 20.8. The fourth-order valence-corrected chi connectivity index (χ4v) is 6.07. The molecule has 12 heteroatoms. The molecule has 0 amide bonds. The highest BCUT2D eigenvalue weighted by atomic mass is 31.2. The molecule has 0 radical (unpaired) electrons. The van der Waals surface area contributed by atoms with Crippen LogP contribution < -0.4 is 10.6 Å². The number of hydrogen-bond acceptors (Lipinski definition) is 8. The molecule has 0 fully saturated rings. The van der Waals surface area contributed by atoms with Gasteiger partial charge in [0.1, 0.15) is 23.1 Å². The predicted molar refractivity (Wildman–Crippen MR) is 121 cm³/mol. The third-order valence-electron chi connectivity index (χ3n) is 4.54. The minimum atomic E-state index is -4.19. The number of nitrogens with one attached hydrogen (secondary N) is 2. The number of para-hydroxylation sites is 2. The van der Waals surface area contributed by atoms with Gasteiger partial charge in [-0.2, -0.15) is 0 Å². The lowest BCUT2D eigenvalue weighted by Gasteiger charge is -2.27. The van der Waals surface area contributed by atoms with E-state index in [-0.39, 0.29) is 48.9 Å². The standard InChI is InChI=1S/C20H30N2O8P2/c1-3-29-31(25,26)19(15-9-5-7-11-17(15)23)21-13-14-22-20(32(27,28)30-4-2)16-10-6-8-12-18(16)24/h5-12,19-24H,3-4,13-14H2,1-2H3,(H,25,26)(H,27,28)/t19-,20-/m1/s1. The van der Waals surface area contributed by atoms with Crippen LogP contribution in [-0.4, -0.2) is 46.3 Å². The van der Waals surface area contributed by atoms with Gasteiger partial charge in [0, 0.05) is 24.2 Å². The molecule has 6 N–H and O–H groups in total. The van der Waals surface area contributed by atoms with Crippen molar-refractivity contribution in [3.05, 3.63) is 59.7 Å². The molecule has 0 spiro atoms. The highest BCUT2D eigenvalue weighted by molar-refractivity contribution is 7.53. The molecule has 32 heavy (non-hydrogen) atoms. The molecule has 2 aromatic rings. The van der Waals surface area contributed by atoms with Crippen LogP contribution in [-0.2, 0) is 18.2 Å². The van der Waals surface area contributed by atoms with Gasteiger partial charge in [0.05, 0.1) is 13.2 Å². The fraction of sp³-hybridized carbons (Fsp3) is 0.400. The largest absolute Gasteiger partial charge is 0.508 e. The fourth-order valence-electron chi connectivity index (χ4n) is 3.18. The zero-order chi connectivity index (χ0) is 23.8. The summed E-state index contributed by atoms with van der Waals surface area (Å²) in [6.45, 7) is 3.27. The summed E-state index contributed by atoms with van der Waals surface area (Å²) in [5, 5.41) is 26.0. The van der Waals surface area contributed by atoms with Crippen LogP contribution in [0.2, 0.25) is 0 Å². The third kappa shape index (κ3) is 6.88. The maximum Gasteiger partial charge on any atom is 0.349 e. The smallest absolute Gasteiger partial charge is 0.349 e. The van der Waals surface area contributed by atoms with Crippen molar-refractivity contribution in [3.63, 3.8) is 0 Å². The van der Waals surface area contributed by atoms with Crippen molar-refractivity contribution in [2.45, 2.75) is 25.4 Å². The molecule has 0 aromatic heterocycles. The van der Waals surface area contributed by atoms with Gasteiger partial charge < -0.3 is 29.0 Å². The molecule has 2 rings (SSSR count). The maximum absolute atomic E-state index is 12.7. The number of phenolic OH excluding ortho intramolecular Hbond substituents is 2. The summed E-state index contributed by atoms with van der Waals surface area (Å²) >= 11 is 0. The molecule has 0 saturated heterocycles. The van der Waals surface area contributed by atoms with Gasteiger partial charge in [-0.1, -0.05) is 36.4 Å². The van der Waals surface area contributed by atoms with Crippen molar-refractivity contribution in [1.29, 1.82) is 0 Å². The summed E-state index contributed by atoms with van der Waals surface area (Å²) in [6, 6.07) is 12.2. The molecule has 0 saturated carbocycles. The van der Waals surface area contributed by atoms with Crippen molar-refractivity contribution >= 4 is 15.2 Å². The van der Waals surface area contributed by atoms with E-state index in [0.717, 1.165) is 0 Å². The lowest BCUT2D eigenvalue weighted by molar-refractivity contribution is 0.253. The summed E-state index contributed by atoms with van der Waals surface area (Å²) in [6.07, 6.45) is 0. The van der Waals surface area contributed by atoms with Crippen LogP contribution in [0.3, 0.4) is 0 Å². The van der Waals surface area contributed by atoms with Gasteiger partial charge in [-0.05, 0) is 26.0 Å². The number of rotatable bonds is 13. The van der Waals surface area contributed by atoms with E-state index in [1.165, 1.54) is 24.3 Å². The lowest BCUT2D eigenvalue weighted by Crippen LogP contribution is -2.33. The number of phenols is 2. The molecule has 4 atom stereocenters. The molecular formula is C20H30N2O8P2. The number of aromatic hydroxyl groups is 2. The summed E-state index contributed by atoms with van der Waals surface area (Å²) < 4.78 is 35.5. The second-order valence-electron chi connectivity index (χ2n) is 6.79. The van der Waals surface area contributed by atoms with Gasteiger partial charge in [0.25, 0.3) is 0 Å². The number of hydrogen-bond donors (Lipinski definition) is 6. The average Bonchev–Trinajstić information content (AvgIpc) is 2.72. The first kappa shape index (κ1) is 26.5. The summed E-state index contributed by atoms with van der Waals surface area (Å²) in [5.41, 5.74) is 0.373. The Morgan fingerprint density at radius 1 is 0.750 bits per heavy atom. The Balaban J connectivity index is 2.18. The van der Waals surface area contributed by atoms with Crippen LogP contribution in [0.25, 0.3) is 0 Å². The van der Waals surface area contributed by atoms with Gasteiger partial charge in [-0.15, -0.1) is 0 Å². The first-order valence-corrected chi connectivity index (χ1v) is 13.4. The molecule has 0 aliphatic heterocycles. The quantitative estimate of drug-likeness (QED) is 0.182. The second kappa shape index (κ2) is 11.9. The average molecular weight is 488 g/mol. The monoisotopic (exact) mass is 488 g/mol. The first-order valence-electron chi connectivity index (χ1n) is 10.1. The third-order valence-corrected chi connectivity index (χ3v) is 8.03. The van der Waals surface area contributed by atoms with E-state index in [1.807, 2.05) is 0 Å². The van der Waals surface area contributed by atoms with Crippen molar-refractivity contribution < 1.29 is 38.2 Å². The summed E-state index contributed by atoms with van der Waals surface area (Å²) in [7, 11) is -8.38. The van der Waals surface area contributed by atoms with Crippen LogP contribution in [0.15, 0.2) is 48.5 Å². The minimum Gasteiger partial charge on any atom is -0.508 e. The van der Waals surface area contributed by atoms with Crippen LogP contribution >= 0.6 is 15.2 Å². The Morgan fingerprint density at radius 2 is 1.09 bits per heavy atom. The normalized spacial score (nSPS) is 17.2. The van der Waals surface area contributed by atoms with E-state index < -0.39 is 26.8 Å². The van der Waals surface area contributed by atoms with E-state index in [4.69, 9.17) is 9.05 Å². The Kier molecular flexibility index (Phi) is 9.88. The number of benzene rings is 2. The van der Waals surface area contributed by atoms with E-state index >= 15 is 0 Å². The predicted octanol–water partition coefficient (Wildman–Crippen LogP) is 3.42. The topological polar surface area (TPSA) is 158 Å². The summed E-state index contributed by atoms with van der Waals surface area (Å²) in [5.74, 6) is -2.78. The van der Waals surface area contributed by atoms with Crippen molar-refractivity contribution in [2.75, 3.05) is 26.3 Å². The molecule has 10 nitrogen and oxygen atoms in total. The molecule has 0 aliphatic rings. The van der Waals surface area contributed by atoms with Gasteiger partial charge in [0.2, 0.25) is 0 Å². The molecular weight excluding hydrogens is 458 g/mol. The van der Waals surface area contributed by atoms with E-state index in [1.54, 1.807) is 38.1 Å². The molecule has 2 unspecified atom stereocenters. The highest BCUT2D eigenvalue weighted by Gasteiger charge is 2.37. The van der Waals surface area contributed by atoms with Crippen LogP contribution in [0.1, 0.15) is 36.5 Å². The van der Waals surface area contributed by atoms with Gasteiger partial charge >= 0.3 is 15.2 Å². The molecule has 178 valence electrons. The first-order chi connectivity index (χ1) is 15.1. The molecule has 2 aromatic carbocycles. The van der Waals surface area contributed by atoms with Gasteiger partial charge in [0.15, 0.2) is 0 Å². The molecule has 0 aliphatic carbocycles. The van der Waals surface area contributed by atoms with E-state index in [2.05, 4.69) is 10.6 Å². The van der Waals surface area contributed by atoms with E-state index in [9.17, 15) is 29.1 Å². The van der Waals surface area contributed by atoms with Crippen LogP contribution in [0, 0.1) is 0 Å². The molecule has 0 bridgehead atoms. The maximum atomic E-state index is 12.7. The van der Waals surface area contributed by atoms with Gasteiger partial charge in [-0.25, -0.2) is 0 Å².